The summed E-state index contributed by atoms with van der Waals surface area (Å²) in [7, 11) is 1.80. The molecular weight excluding hydrogens is 438 g/mol. The van der Waals surface area contributed by atoms with Gasteiger partial charge in [0.05, 0.1) is 18.1 Å². The number of imidazole rings is 1. The van der Waals surface area contributed by atoms with Crippen LogP contribution in [-0.2, 0) is 9.59 Å². The van der Waals surface area contributed by atoms with E-state index >= 15 is 0 Å². The fraction of sp³-hybridized carbons (Fsp3) is 0.435. The summed E-state index contributed by atoms with van der Waals surface area (Å²) in [5.74, 6) is -1.80. The predicted octanol–water partition coefficient (Wildman–Crippen LogP) is 0.571. The van der Waals surface area contributed by atoms with Crippen LogP contribution in [0.3, 0.4) is 0 Å². The zero-order valence-electron chi connectivity index (χ0n) is 18.9. The van der Waals surface area contributed by atoms with Crippen LogP contribution in [0.4, 0.5) is 4.39 Å². The summed E-state index contributed by atoms with van der Waals surface area (Å²) in [4.78, 5) is 44.4. The van der Waals surface area contributed by atoms with Crippen LogP contribution < -0.4 is 10.6 Å². The van der Waals surface area contributed by atoms with Gasteiger partial charge < -0.3 is 20.1 Å². The molecular formula is C23H26BFN6O3. The van der Waals surface area contributed by atoms with Crippen molar-refractivity contribution >= 4 is 25.6 Å². The maximum Gasteiger partial charge on any atom is 0.252 e. The molecule has 3 unspecified atom stereocenters. The molecule has 2 aliphatic rings. The fourth-order valence-electron chi connectivity index (χ4n) is 4.27. The monoisotopic (exact) mass is 464 g/mol. The number of amides is 3. The minimum absolute atomic E-state index is 0.0154. The van der Waals surface area contributed by atoms with Gasteiger partial charge in [-0.1, -0.05) is 0 Å². The van der Waals surface area contributed by atoms with Crippen LogP contribution in [-0.4, -0.2) is 64.7 Å². The van der Waals surface area contributed by atoms with E-state index in [0.717, 1.165) is 18.9 Å². The highest BCUT2D eigenvalue weighted by Crippen LogP contribution is 2.35. The smallest absolute Gasteiger partial charge is 0.252 e. The molecule has 2 aromatic rings. The Morgan fingerprint density at radius 1 is 1.26 bits per heavy atom. The van der Waals surface area contributed by atoms with Gasteiger partial charge >= 0.3 is 0 Å². The Hall–Kier alpha value is -3.68. The van der Waals surface area contributed by atoms with E-state index in [0.29, 0.717) is 25.7 Å². The molecule has 1 aliphatic heterocycles. The SMILES string of the molecule is BCC(C#N)NC(=O)C1CCCN1C(=O)C(NC(=O)c1ccc(-n2ccnc2)c(F)c1)C1CC1. The van der Waals surface area contributed by atoms with Crippen molar-refractivity contribution in [3.05, 3.63) is 48.3 Å². The van der Waals surface area contributed by atoms with Gasteiger partial charge in [-0.25, -0.2) is 9.37 Å². The van der Waals surface area contributed by atoms with Gasteiger partial charge in [0, 0.05) is 24.5 Å². The number of likely N-dealkylation sites (tertiary alicyclic amines) is 1. The Bertz CT molecular complexity index is 1110. The van der Waals surface area contributed by atoms with Gasteiger partial charge in [0.1, 0.15) is 31.8 Å². The molecule has 9 nitrogen and oxygen atoms in total. The average Bonchev–Trinajstić information content (AvgIpc) is 3.31. The van der Waals surface area contributed by atoms with Crippen LogP contribution in [0.1, 0.15) is 36.0 Å². The molecule has 1 saturated heterocycles. The van der Waals surface area contributed by atoms with Crippen molar-refractivity contribution < 1.29 is 18.8 Å². The van der Waals surface area contributed by atoms with Crippen LogP contribution in [0.25, 0.3) is 5.69 Å². The fourth-order valence-corrected chi connectivity index (χ4v) is 4.27. The minimum atomic E-state index is -0.782. The average molecular weight is 464 g/mol. The van der Waals surface area contributed by atoms with Crippen LogP contribution in [0.5, 0.6) is 0 Å². The standard InChI is InChI=1S/C23H26BFN6O3/c24-11-16(12-26)28-22(33)19-2-1-8-31(19)23(34)20(14-3-4-14)29-21(32)15-5-6-18(17(25)10-15)30-9-7-27-13-30/h5-7,9-10,13-14,16,19-20H,1-4,8,11,24H2,(H,28,33)(H,29,32). The van der Waals surface area contributed by atoms with Gasteiger partial charge in [-0.2, -0.15) is 5.26 Å². The molecule has 2 N–H and O–H groups in total. The van der Waals surface area contributed by atoms with Gasteiger partial charge in [0.2, 0.25) is 11.8 Å². The molecule has 1 aliphatic carbocycles. The van der Waals surface area contributed by atoms with Gasteiger partial charge in [0.25, 0.3) is 5.91 Å². The molecule has 1 aromatic heterocycles. The second-order valence-electron chi connectivity index (χ2n) is 8.71. The summed E-state index contributed by atoms with van der Waals surface area (Å²) < 4.78 is 16.1. The number of nitrogens with one attached hydrogen (secondary N) is 2. The first-order valence-corrected chi connectivity index (χ1v) is 11.5. The summed E-state index contributed by atoms with van der Waals surface area (Å²) in [5.41, 5.74) is 0.368. The lowest BCUT2D eigenvalue weighted by atomic mass is 9.98. The third kappa shape index (κ3) is 4.96. The van der Waals surface area contributed by atoms with E-state index in [9.17, 15) is 18.8 Å². The van der Waals surface area contributed by atoms with E-state index in [1.54, 1.807) is 14.0 Å². The number of carbonyl (C=O) groups excluding carboxylic acids is 3. The second kappa shape index (κ2) is 10.1. The molecule has 2 fully saturated rings. The molecule has 0 spiro atoms. The molecule has 176 valence electrons. The van der Waals surface area contributed by atoms with Crippen molar-refractivity contribution in [2.75, 3.05) is 6.54 Å². The molecule has 0 radical (unpaired) electrons. The summed E-state index contributed by atoms with van der Waals surface area (Å²) >= 11 is 0. The van der Waals surface area contributed by atoms with E-state index in [1.807, 2.05) is 6.07 Å². The van der Waals surface area contributed by atoms with Gasteiger partial charge in [0.15, 0.2) is 0 Å². The number of hydrogen-bond donors (Lipinski definition) is 2. The Kier molecular flexibility index (Phi) is 6.96. The first-order chi connectivity index (χ1) is 16.4. The van der Waals surface area contributed by atoms with Crippen molar-refractivity contribution in [1.29, 1.82) is 5.26 Å². The number of benzene rings is 1. The lowest BCUT2D eigenvalue weighted by molar-refractivity contribution is -0.140. The summed E-state index contributed by atoms with van der Waals surface area (Å²) in [6, 6.07) is 4.10. The third-order valence-electron chi connectivity index (χ3n) is 6.36. The second-order valence-corrected chi connectivity index (χ2v) is 8.71. The molecule has 0 bridgehead atoms. The maximum absolute atomic E-state index is 14.6. The van der Waals surface area contributed by atoms with Crippen molar-refractivity contribution in [2.24, 2.45) is 5.92 Å². The number of hydrogen-bond acceptors (Lipinski definition) is 5. The number of rotatable bonds is 8. The Morgan fingerprint density at radius 3 is 2.68 bits per heavy atom. The minimum Gasteiger partial charge on any atom is -0.340 e. The predicted molar refractivity (Wildman–Crippen MR) is 123 cm³/mol. The molecule has 11 heteroatoms. The van der Waals surface area contributed by atoms with Gasteiger partial charge in [-0.15, -0.1) is 0 Å². The zero-order valence-corrected chi connectivity index (χ0v) is 18.9. The first kappa shape index (κ1) is 23.5. The summed E-state index contributed by atoms with van der Waals surface area (Å²) in [5, 5.41) is 14.6. The molecule has 1 saturated carbocycles. The number of carbonyl (C=O) groups is 3. The highest BCUT2D eigenvalue weighted by atomic mass is 19.1. The molecule has 1 aromatic carbocycles. The van der Waals surface area contributed by atoms with E-state index in [4.69, 9.17) is 5.26 Å². The van der Waals surface area contributed by atoms with Gasteiger partial charge in [-0.05, 0) is 56.1 Å². The van der Waals surface area contributed by atoms with Gasteiger partial charge in [-0.3, -0.25) is 14.4 Å². The van der Waals surface area contributed by atoms with Crippen LogP contribution in [0, 0.1) is 23.1 Å². The number of aromatic nitrogens is 2. The van der Waals surface area contributed by atoms with Crippen LogP contribution >= 0.6 is 0 Å². The quantitative estimate of drug-likeness (QED) is 0.554. The lowest BCUT2D eigenvalue weighted by Crippen LogP contribution is -2.55. The van der Waals surface area contributed by atoms with Crippen LogP contribution in [0.2, 0.25) is 6.32 Å². The topological polar surface area (TPSA) is 120 Å². The third-order valence-corrected chi connectivity index (χ3v) is 6.36. The van der Waals surface area contributed by atoms with E-state index in [1.165, 1.54) is 34.1 Å². The Morgan fingerprint density at radius 2 is 2.06 bits per heavy atom. The largest absolute Gasteiger partial charge is 0.340 e. The van der Waals surface area contributed by atoms with Crippen molar-refractivity contribution in [3.63, 3.8) is 0 Å². The maximum atomic E-state index is 14.6. The Balaban J connectivity index is 1.46. The first-order valence-electron chi connectivity index (χ1n) is 11.5. The number of nitriles is 1. The number of nitrogens with zero attached hydrogens (tertiary/aromatic N) is 4. The van der Waals surface area contributed by atoms with Crippen molar-refractivity contribution in [3.8, 4) is 11.8 Å². The normalized spacial score (nSPS) is 19.2. The van der Waals surface area contributed by atoms with Crippen molar-refractivity contribution in [1.82, 2.24) is 25.1 Å². The van der Waals surface area contributed by atoms with E-state index in [2.05, 4.69) is 15.6 Å². The molecule has 2 heterocycles. The Labute approximate surface area is 197 Å². The van der Waals surface area contributed by atoms with E-state index < -0.39 is 29.8 Å². The van der Waals surface area contributed by atoms with E-state index in [-0.39, 0.29) is 29.0 Å². The summed E-state index contributed by atoms with van der Waals surface area (Å²) in [6.45, 7) is 0.410. The zero-order chi connectivity index (χ0) is 24.2. The molecule has 3 atom stereocenters. The highest BCUT2D eigenvalue weighted by Gasteiger charge is 2.44. The molecule has 4 rings (SSSR count). The number of halogens is 1. The summed E-state index contributed by atoms with van der Waals surface area (Å²) in [6.07, 6.45) is 7.82. The molecule has 34 heavy (non-hydrogen) atoms. The highest BCUT2D eigenvalue weighted by molar-refractivity contribution is 6.09. The van der Waals surface area contributed by atoms with Crippen LogP contribution in [0.15, 0.2) is 36.9 Å². The lowest BCUT2D eigenvalue weighted by Gasteiger charge is -2.29. The molecule has 3 amide bonds. The van der Waals surface area contributed by atoms with Crippen molar-refractivity contribution in [2.45, 2.75) is 50.1 Å².